The number of aromatic nitrogens is 1. The summed E-state index contributed by atoms with van der Waals surface area (Å²) in [7, 11) is 1.56. The number of ether oxygens (including phenoxy) is 2. The molecule has 1 fully saturated rings. The van der Waals surface area contributed by atoms with Crippen LogP contribution in [0.5, 0.6) is 17.2 Å². The summed E-state index contributed by atoms with van der Waals surface area (Å²) in [6, 6.07) is 20.0. The van der Waals surface area contributed by atoms with Gasteiger partial charge in [0.15, 0.2) is 11.6 Å². The van der Waals surface area contributed by atoms with E-state index in [0.717, 1.165) is 0 Å². The minimum atomic E-state index is -1.16. The number of rotatable bonds is 7. The molecule has 1 aromatic heterocycles. The van der Waals surface area contributed by atoms with E-state index < -0.39 is 17.1 Å². The molecule has 2 amide bonds. The Labute approximate surface area is 200 Å². The van der Waals surface area contributed by atoms with Crippen LogP contribution in [-0.2, 0) is 9.59 Å². The van der Waals surface area contributed by atoms with Gasteiger partial charge in [-0.1, -0.05) is 18.2 Å². The number of carbonyl (C=O) groups excluding carboxylic acids is 2. The Balaban J connectivity index is 1.31. The van der Waals surface area contributed by atoms with Gasteiger partial charge in [-0.05, 0) is 61.4 Å². The normalized spacial score (nSPS) is 13.7. The summed E-state index contributed by atoms with van der Waals surface area (Å²) in [6.07, 6.45) is 2.44. The number of hydrogen-bond acceptors (Lipinski definition) is 5. The number of amides is 2. The Bertz CT molecular complexity index is 1420. The van der Waals surface area contributed by atoms with E-state index in [1.54, 1.807) is 61.8 Å². The number of methoxy groups -OCH3 is 1. The van der Waals surface area contributed by atoms with E-state index in [4.69, 9.17) is 9.47 Å². The van der Waals surface area contributed by atoms with Crippen molar-refractivity contribution in [1.29, 1.82) is 0 Å². The largest absolute Gasteiger partial charge is 0.497 e. The van der Waals surface area contributed by atoms with Crippen LogP contribution in [0.25, 0.3) is 10.9 Å². The topological polar surface area (TPSA) is 89.6 Å². The highest BCUT2D eigenvalue weighted by atomic mass is 19.1. The number of fused-ring (bicyclic) bond motifs is 1. The van der Waals surface area contributed by atoms with Crippen molar-refractivity contribution < 1.29 is 23.5 Å². The minimum Gasteiger partial charge on any atom is -0.497 e. The maximum atomic E-state index is 14.9. The van der Waals surface area contributed by atoms with Crippen LogP contribution in [-0.4, -0.2) is 23.9 Å². The molecule has 0 radical (unpaired) electrons. The minimum absolute atomic E-state index is 0.0127. The first-order valence-corrected chi connectivity index (χ1v) is 11.1. The molecular formula is C27H22FN3O4. The maximum Gasteiger partial charge on any atom is 0.240 e. The van der Waals surface area contributed by atoms with Gasteiger partial charge in [0.1, 0.15) is 16.9 Å². The molecule has 0 bridgehead atoms. The number of hydrogen-bond donors (Lipinski definition) is 2. The molecular weight excluding hydrogens is 449 g/mol. The zero-order valence-corrected chi connectivity index (χ0v) is 18.9. The molecule has 1 aliphatic rings. The summed E-state index contributed by atoms with van der Waals surface area (Å²) in [5, 5.41) is 6.11. The van der Waals surface area contributed by atoms with Crippen LogP contribution in [0, 0.1) is 11.2 Å². The van der Waals surface area contributed by atoms with E-state index in [0.29, 0.717) is 40.9 Å². The molecule has 5 rings (SSSR count). The van der Waals surface area contributed by atoms with Gasteiger partial charge in [0.25, 0.3) is 0 Å². The summed E-state index contributed by atoms with van der Waals surface area (Å²) in [5.41, 5.74) is 0.373. The monoisotopic (exact) mass is 471 g/mol. The average Bonchev–Trinajstić information content (AvgIpc) is 3.69. The number of benzene rings is 3. The Morgan fingerprint density at radius 1 is 0.886 bits per heavy atom. The summed E-state index contributed by atoms with van der Waals surface area (Å²) in [6.45, 7) is 0. The number of pyridine rings is 1. The molecule has 0 unspecified atom stereocenters. The molecule has 0 aliphatic heterocycles. The first-order valence-electron chi connectivity index (χ1n) is 11.1. The Hall–Kier alpha value is -4.46. The molecule has 2 N–H and O–H groups in total. The van der Waals surface area contributed by atoms with Gasteiger partial charge in [0.2, 0.25) is 11.8 Å². The molecule has 1 aliphatic carbocycles. The lowest BCUT2D eigenvalue weighted by Crippen LogP contribution is -2.35. The zero-order valence-electron chi connectivity index (χ0n) is 18.9. The predicted octanol–water partition coefficient (Wildman–Crippen LogP) is 5.53. The van der Waals surface area contributed by atoms with Crippen molar-refractivity contribution in [3.8, 4) is 17.2 Å². The number of nitrogens with one attached hydrogen (secondary N) is 2. The molecule has 0 saturated heterocycles. The Kier molecular flexibility index (Phi) is 5.78. The van der Waals surface area contributed by atoms with Crippen LogP contribution in [0.3, 0.4) is 0 Å². The number of nitrogens with zero attached hydrogens (tertiary/aromatic N) is 1. The van der Waals surface area contributed by atoms with Crippen molar-refractivity contribution >= 4 is 34.1 Å². The van der Waals surface area contributed by atoms with Crippen LogP contribution < -0.4 is 20.1 Å². The summed E-state index contributed by atoms with van der Waals surface area (Å²) in [4.78, 5) is 29.9. The molecule has 0 spiro atoms. The Morgan fingerprint density at radius 3 is 2.31 bits per heavy atom. The predicted molar refractivity (Wildman–Crippen MR) is 130 cm³/mol. The molecule has 176 valence electrons. The van der Waals surface area contributed by atoms with Crippen LogP contribution in [0.4, 0.5) is 15.8 Å². The maximum absolute atomic E-state index is 14.9. The second kappa shape index (κ2) is 9.06. The van der Waals surface area contributed by atoms with Crippen LogP contribution in [0.2, 0.25) is 0 Å². The van der Waals surface area contributed by atoms with Crippen molar-refractivity contribution in [2.24, 2.45) is 5.41 Å². The van der Waals surface area contributed by atoms with E-state index in [1.807, 2.05) is 6.07 Å². The van der Waals surface area contributed by atoms with Gasteiger partial charge in [-0.2, -0.15) is 0 Å². The van der Waals surface area contributed by atoms with Crippen molar-refractivity contribution in [2.45, 2.75) is 12.8 Å². The van der Waals surface area contributed by atoms with Gasteiger partial charge in [0.05, 0.1) is 12.6 Å². The molecule has 1 heterocycles. The zero-order chi connectivity index (χ0) is 24.4. The van der Waals surface area contributed by atoms with E-state index in [-0.39, 0.29) is 17.3 Å². The second-order valence-corrected chi connectivity index (χ2v) is 8.30. The SMILES string of the molecule is COc1ccc2nccc(Oc3ccc(NC(=O)C4(C(=O)Nc5ccccc5)CC4)cc3F)c2c1. The van der Waals surface area contributed by atoms with Gasteiger partial charge in [-0.15, -0.1) is 0 Å². The van der Waals surface area contributed by atoms with Crippen molar-refractivity contribution in [3.63, 3.8) is 0 Å². The average molecular weight is 471 g/mol. The highest BCUT2D eigenvalue weighted by molar-refractivity contribution is 6.16. The highest BCUT2D eigenvalue weighted by Crippen LogP contribution is 2.47. The highest BCUT2D eigenvalue weighted by Gasteiger charge is 2.56. The number of para-hydroxylation sites is 1. The van der Waals surface area contributed by atoms with E-state index in [2.05, 4.69) is 15.6 Å². The molecule has 8 heteroatoms. The Morgan fingerprint density at radius 2 is 1.63 bits per heavy atom. The molecule has 35 heavy (non-hydrogen) atoms. The first kappa shape index (κ1) is 22.3. The van der Waals surface area contributed by atoms with E-state index in [9.17, 15) is 14.0 Å². The molecule has 0 atom stereocenters. The fourth-order valence-electron chi connectivity index (χ4n) is 3.80. The number of carbonyl (C=O) groups is 2. The third-order valence-corrected chi connectivity index (χ3v) is 5.97. The number of halogens is 1. The van der Waals surface area contributed by atoms with Gasteiger partial charge in [-0.25, -0.2) is 4.39 Å². The fourth-order valence-corrected chi connectivity index (χ4v) is 3.80. The molecule has 4 aromatic rings. The lowest BCUT2D eigenvalue weighted by molar-refractivity contribution is -0.131. The van der Waals surface area contributed by atoms with Gasteiger partial charge < -0.3 is 20.1 Å². The number of anilines is 2. The summed E-state index contributed by atoms with van der Waals surface area (Å²) in [5.74, 6) is -0.471. The van der Waals surface area contributed by atoms with E-state index in [1.165, 1.54) is 18.2 Å². The molecule has 3 aromatic carbocycles. The summed E-state index contributed by atoms with van der Waals surface area (Å²) >= 11 is 0. The molecule has 7 nitrogen and oxygen atoms in total. The van der Waals surface area contributed by atoms with Gasteiger partial charge in [0, 0.05) is 29.0 Å². The van der Waals surface area contributed by atoms with Gasteiger partial charge in [-0.3, -0.25) is 14.6 Å². The van der Waals surface area contributed by atoms with Crippen molar-refractivity contribution in [1.82, 2.24) is 4.98 Å². The van der Waals surface area contributed by atoms with Crippen LogP contribution >= 0.6 is 0 Å². The van der Waals surface area contributed by atoms with E-state index >= 15 is 0 Å². The lowest BCUT2D eigenvalue weighted by Gasteiger charge is -2.16. The standard InChI is InChI=1S/C27H22FN3O4/c1-34-19-8-9-22-20(16-19)23(11-14-29-22)35-24-10-7-18(15-21(24)28)31-26(33)27(12-13-27)25(32)30-17-5-3-2-4-6-17/h2-11,14-16H,12-13H2,1H3,(H,30,32)(H,31,33). The van der Waals surface area contributed by atoms with Crippen molar-refractivity contribution in [3.05, 3.63) is 84.8 Å². The van der Waals surface area contributed by atoms with Gasteiger partial charge >= 0.3 is 0 Å². The smallest absolute Gasteiger partial charge is 0.240 e. The fraction of sp³-hybridized carbons (Fsp3) is 0.148. The third-order valence-electron chi connectivity index (χ3n) is 5.97. The quantitative estimate of drug-likeness (QED) is 0.346. The second-order valence-electron chi connectivity index (χ2n) is 8.30. The third kappa shape index (κ3) is 4.50. The summed E-state index contributed by atoms with van der Waals surface area (Å²) < 4.78 is 26.0. The lowest BCUT2D eigenvalue weighted by atomic mass is 10.0. The van der Waals surface area contributed by atoms with Crippen LogP contribution in [0.1, 0.15) is 12.8 Å². The van der Waals surface area contributed by atoms with Crippen LogP contribution in [0.15, 0.2) is 79.0 Å². The first-order chi connectivity index (χ1) is 17.0. The molecule has 1 saturated carbocycles. The van der Waals surface area contributed by atoms with Crippen molar-refractivity contribution in [2.75, 3.05) is 17.7 Å².